The molecule has 0 saturated carbocycles. The lowest BCUT2D eigenvalue weighted by Gasteiger charge is -2.40. The van der Waals surface area contributed by atoms with E-state index in [0.29, 0.717) is 12.0 Å². The van der Waals surface area contributed by atoms with E-state index in [9.17, 15) is 15.3 Å². The van der Waals surface area contributed by atoms with Crippen molar-refractivity contribution in [3.63, 3.8) is 0 Å². The van der Waals surface area contributed by atoms with E-state index in [1.165, 1.54) is 22.1 Å². The average molecular weight is 370 g/mol. The van der Waals surface area contributed by atoms with E-state index in [1.807, 2.05) is 10.6 Å². The molecule has 5 rings (SSSR count). The van der Waals surface area contributed by atoms with Crippen molar-refractivity contribution in [2.45, 2.75) is 49.8 Å². The van der Waals surface area contributed by atoms with Gasteiger partial charge in [0.05, 0.1) is 12.1 Å². The van der Waals surface area contributed by atoms with Gasteiger partial charge in [0.15, 0.2) is 6.23 Å². The zero-order chi connectivity index (χ0) is 18.9. The Morgan fingerprint density at radius 2 is 2.04 bits per heavy atom. The summed E-state index contributed by atoms with van der Waals surface area (Å²) in [4.78, 5) is 2.42. The van der Waals surface area contributed by atoms with Gasteiger partial charge in [-0.1, -0.05) is 23.8 Å². The summed E-state index contributed by atoms with van der Waals surface area (Å²) in [5, 5.41) is 31.3. The van der Waals surface area contributed by atoms with Crippen LogP contribution >= 0.6 is 0 Å². The van der Waals surface area contributed by atoms with Gasteiger partial charge in [0.2, 0.25) is 0 Å². The van der Waals surface area contributed by atoms with Gasteiger partial charge in [-0.3, -0.25) is 4.90 Å². The number of hydrogen-bond acceptors (Lipinski definition) is 5. The van der Waals surface area contributed by atoms with Crippen LogP contribution in [0, 0.1) is 0 Å². The Bertz CT molecular complexity index is 920. The Balaban J connectivity index is 1.64. The van der Waals surface area contributed by atoms with E-state index < -0.39 is 24.5 Å². The predicted molar refractivity (Wildman–Crippen MR) is 102 cm³/mol. The van der Waals surface area contributed by atoms with Gasteiger partial charge >= 0.3 is 0 Å². The Labute approximate surface area is 158 Å². The van der Waals surface area contributed by atoms with Gasteiger partial charge in [-0.25, -0.2) is 0 Å². The minimum atomic E-state index is -1.09. The molecule has 1 fully saturated rings. The zero-order valence-electron chi connectivity index (χ0n) is 15.6. The molecule has 144 valence electrons. The topological polar surface area (TPSA) is 78.1 Å². The van der Waals surface area contributed by atoms with E-state index in [4.69, 9.17) is 4.74 Å². The number of rotatable bonds is 2. The molecule has 6 nitrogen and oxygen atoms in total. The second-order valence-electron chi connectivity index (χ2n) is 8.26. The van der Waals surface area contributed by atoms with Crippen LogP contribution in [0.15, 0.2) is 36.0 Å². The molecular weight excluding hydrogens is 344 g/mol. The van der Waals surface area contributed by atoms with Crippen LogP contribution in [0.25, 0.3) is 10.9 Å². The molecule has 3 aliphatic rings. The fourth-order valence-corrected chi connectivity index (χ4v) is 5.24. The van der Waals surface area contributed by atoms with E-state index in [0.717, 1.165) is 18.5 Å². The van der Waals surface area contributed by atoms with Crippen LogP contribution in [0.3, 0.4) is 0 Å². The summed E-state index contributed by atoms with van der Waals surface area (Å²) < 4.78 is 7.73. The molecule has 1 aromatic carbocycles. The Morgan fingerprint density at radius 3 is 2.78 bits per heavy atom. The number of benzene rings is 1. The van der Waals surface area contributed by atoms with Crippen LogP contribution in [0.5, 0.6) is 0 Å². The summed E-state index contributed by atoms with van der Waals surface area (Å²) in [6.45, 7) is 2.86. The maximum atomic E-state index is 10.5. The summed E-state index contributed by atoms with van der Waals surface area (Å²) in [6, 6.07) is 6.72. The van der Waals surface area contributed by atoms with E-state index in [2.05, 4.69) is 43.3 Å². The molecule has 1 aliphatic carbocycles. The lowest BCUT2D eigenvalue weighted by atomic mass is 9.77. The first-order chi connectivity index (χ1) is 13.0. The lowest BCUT2D eigenvalue weighted by Crippen LogP contribution is -2.43. The molecule has 27 heavy (non-hydrogen) atoms. The van der Waals surface area contributed by atoms with Crippen molar-refractivity contribution in [1.82, 2.24) is 9.47 Å². The zero-order valence-corrected chi connectivity index (χ0v) is 15.6. The largest absolute Gasteiger partial charge is 0.394 e. The fourth-order valence-electron chi connectivity index (χ4n) is 5.24. The standard InChI is InChI=1S/C21H26N2O4/c1-11-6-14-13-4-3-5-15-18(13)12(7-16(14)22(2)8-11)9-23(15)21-20(26)19(25)17(10-24)27-21/h3-6,9,14,16-17,19-21,24-26H,7-8,10H2,1-2H3/t14-,16-,17-,19-,20-,21-/m1/s1. The van der Waals surface area contributed by atoms with E-state index >= 15 is 0 Å². The molecule has 3 heterocycles. The third-order valence-corrected chi connectivity index (χ3v) is 6.49. The SMILES string of the molecule is CC1=C[C@@H]2c3cccc4c3c(cn4[C@@H]3O[C@H](CO)[C@@H](O)[C@H]3O)C[C@H]2N(C)C1. The van der Waals surface area contributed by atoms with Gasteiger partial charge < -0.3 is 24.6 Å². The molecule has 6 heteroatoms. The van der Waals surface area contributed by atoms with Crippen molar-refractivity contribution >= 4 is 10.9 Å². The Kier molecular flexibility index (Phi) is 3.97. The fraction of sp³-hybridized carbons (Fsp3) is 0.524. The number of fused-ring (bicyclic) bond motifs is 2. The van der Waals surface area contributed by atoms with E-state index in [-0.39, 0.29) is 6.61 Å². The number of aromatic nitrogens is 1. The van der Waals surface area contributed by atoms with Crippen molar-refractivity contribution in [2.24, 2.45) is 0 Å². The van der Waals surface area contributed by atoms with Crippen LogP contribution in [0.1, 0.15) is 30.2 Å². The normalized spacial score (nSPS) is 36.1. The molecule has 1 saturated heterocycles. The summed E-state index contributed by atoms with van der Waals surface area (Å²) >= 11 is 0. The molecule has 2 aromatic rings. The van der Waals surface area contributed by atoms with Crippen LogP contribution < -0.4 is 0 Å². The van der Waals surface area contributed by atoms with Crippen molar-refractivity contribution in [3.8, 4) is 0 Å². The molecule has 0 radical (unpaired) electrons. The minimum absolute atomic E-state index is 0.314. The maximum Gasteiger partial charge on any atom is 0.163 e. The minimum Gasteiger partial charge on any atom is -0.394 e. The molecule has 0 bridgehead atoms. The first kappa shape index (κ1) is 17.4. The smallest absolute Gasteiger partial charge is 0.163 e. The van der Waals surface area contributed by atoms with Gasteiger partial charge in [0, 0.05) is 30.1 Å². The predicted octanol–water partition coefficient (Wildman–Crippen LogP) is 1.15. The first-order valence-electron chi connectivity index (χ1n) is 9.62. The Morgan fingerprint density at radius 1 is 1.22 bits per heavy atom. The van der Waals surface area contributed by atoms with Crippen molar-refractivity contribution in [2.75, 3.05) is 20.2 Å². The molecule has 0 amide bonds. The van der Waals surface area contributed by atoms with Crippen LogP contribution in [0.4, 0.5) is 0 Å². The third kappa shape index (κ3) is 2.45. The highest BCUT2D eigenvalue weighted by molar-refractivity contribution is 5.89. The second kappa shape index (κ2) is 6.15. The number of nitrogens with zero attached hydrogens (tertiary/aromatic N) is 2. The number of hydrogen-bond donors (Lipinski definition) is 3. The molecule has 2 aliphatic heterocycles. The van der Waals surface area contributed by atoms with Gasteiger partial charge in [0.25, 0.3) is 0 Å². The summed E-state index contributed by atoms with van der Waals surface area (Å²) in [7, 11) is 2.18. The lowest BCUT2D eigenvalue weighted by molar-refractivity contribution is -0.0506. The van der Waals surface area contributed by atoms with Gasteiger partial charge in [-0.05, 0) is 37.6 Å². The maximum absolute atomic E-state index is 10.5. The number of aliphatic hydroxyl groups excluding tert-OH is 3. The molecule has 0 spiro atoms. The van der Waals surface area contributed by atoms with Gasteiger partial charge in [0.1, 0.15) is 18.3 Å². The quantitative estimate of drug-likeness (QED) is 0.692. The summed E-state index contributed by atoms with van der Waals surface area (Å²) in [5.41, 5.74) is 4.96. The summed E-state index contributed by atoms with van der Waals surface area (Å²) in [5.74, 6) is 0.362. The Hall–Kier alpha value is -1.70. The number of aliphatic hydroxyl groups is 3. The molecule has 1 aromatic heterocycles. The highest BCUT2D eigenvalue weighted by Gasteiger charge is 2.44. The van der Waals surface area contributed by atoms with Crippen molar-refractivity contribution < 1.29 is 20.1 Å². The third-order valence-electron chi connectivity index (χ3n) is 6.49. The van der Waals surface area contributed by atoms with Crippen LogP contribution in [-0.4, -0.2) is 69.3 Å². The first-order valence-corrected chi connectivity index (χ1v) is 9.62. The van der Waals surface area contributed by atoms with E-state index in [1.54, 1.807) is 0 Å². The second-order valence-corrected chi connectivity index (χ2v) is 8.26. The summed E-state index contributed by atoms with van der Waals surface area (Å²) in [6.07, 6.45) is 1.78. The average Bonchev–Trinajstić information content (AvgIpc) is 3.15. The van der Waals surface area contributed by atoms with Crippen molar-refractivity contribution in [3.05, 3.63) is 47.2 Å². The van der Waals surface area contributed by atoms with Gasteiger partial charge in [-0.2, -0.15) is 0 Å². The highest BCUT2D eigenvalue weighted by Crippen LogP contribution is 2.44. The van der Waals surface area contributed by atoms with Crippen molar-refractivity contribution in [1.29, 1.82) is 0 Å². The van der Waals surface area contributed by atoms with Gasteiger partial charge in [-0.15, -0.1) is 0 Å². The molecule has 6 atom stereocenters. The number of likely N-dealkylation sites (N-methyl/N-ethyl adjacent to an activating group) is 1. The highest BCUT2D eigenvalue weighted by atomic mass is 16.6. The molecule has 3 N–H and O–H groups in total. The van der Waals surface area contributed by atoms with Crippen LogP contribution in [-0.2, 0) is 11.2 Å². The molecule has 0 unspecified atom stereocenters. The monoisotopic (exact) mass is 370 g/mol. The number of ether oxygens (including phenoxy) is 1. The van der Waals surface area contributed by atoms with Crippen LogP contribution in [0.2, 0.25) is 0 Å². The molecular formula is C21H26N2O4.